The fourth-order valence-corrected chi connectivity index (χ4v) is 2.34. The van der Waals surface area contributed by atoms with Crippen LogP contribution in [0.3, 0.4) is 0 Å². The van der Waals surface area contributed by atoms with Gasteiger partial charge in [-0.25, -0.2) is 0 Å². The van der Waals surface area contributed by atoms with Crippen LogP contribution in [0.2, 0.25) is 0 Å². The number of carboxylic acid groups (broad SMARTS) is 1. The molecule has 1 aliphatic rings. The van der Waals surface area contributed by atoms with Crippen molar-refractivity contribution in [3.8, 4) is 16.9 Å². The SMILES string of the molecule is O=C(O)CCc1[nH]ncc1-c1ccc2c(c1)CCO2. The molecule has 0 atom stereocenters. The first-order valence-electron chi connectivity index (χ1n) is 6.24. The van der Waals surface area contributed by atoms with Crippen molar-refractivity contribution in [3.63, 3.8) is 0 Å². The maximum Gasteiger partial charge on any atom is 0.303 e. The van der Waals surface area contributed by atoms with Crippen LogP contribution < -0.4 is 4.74 Å². The van der Waals surface area contributed by atoms with E-state index in [2.05, 4.69) is 16.3 Å². The van der Waals surface area contributed by atoms with Crippen LogP contribution in [0.1, 0.15) is 17.7 Å². The molecule has 2 aromatic rings. The molecule has 1 aliphatic heterocycles. The maximum atomic E-state index is 10.6. The number of hydrogen-bond acceptors (Lipinski definition) is 3. The van der Waals surface area contributed by atoms with E-state index in [9.17, 15) is 4.79 Å². The number of nitrogens with zero attached hydrogens (tertiary/aromatic N) is 1. The Morgan fingerprint density at radius 2 is 2.37 bits per heavy atom. The Labute approximate surface area is 110 Å². The van der Waals surface area contributed by atoms with Crippen molar-refractivity contribution in [2.24, 2.45) is 0 Å². The van der Waals surface area contributed by atoms with E-state index in [1.165, 1.54) is 5.56 Å². The van der Waals surface area contributed by atoms with E-state index in [-0.39, 0.29) is 6.42 Å². The standard InChI is InChI=1S/C14H14N2O3/c17-14(18)4-2-12-11(8-15-16-12)9-1-3-13-10(7-9)5-6-19-13/h1,3,7-8H,2,4-6H2,(H,15,16)(H,17,18). The van der Waals surface area contributed by atoms with Gasteiger partial charge in [-0.1, -0.05) is 6.07 Å². The van der Waals surface area contributed by atoms with Crippen LogP contribution in [-0.2, 0) is 17.6 Å². The molecule has 0 spiro atoms. The number of aromatic nitrogens is 2. The third kappa shape index (κ3) is 2.31. The number of nitrogens with one attached hydrogen (secondary N) is 1. The van der Waals surface area contributed by atoms with Crippen LogP contribution in [0.4, 0.5) is 0 Å². The van der Waals surface area contributed by atoms with Crippen LogP contribution in [0, 0.1) is 0 Å². The van der Waals surface area contributed by atoms with Crippen molar-refractivity contribution >= 4 is 5.97 Å². The highest BCUT2D eigenvalue weighted by atomic mass is 16.5. The first-order valence-corrected chi connectivity index (χ1v) is 6.24. The number of aryl methyl sites for hydroxylation is 1. The molecule has 0 saturated heterocycles. The number of rotatable bonds is 4. The van der Waals surface area contributed by atoms with Gasteiger partial charge in [0.1, 0.15) is 5.75 Å². The zero-order chi connectivity index (χ0) is 13.2. The second-order valence-corrected chi connectivity index (χ2v) is 4.58. The molecule has 0 bridgehead atoms. The molecule has 0 unspecified atom stereocenters. The molecule has 19 heavy (non-hydrogen) atoms. The Hall–Kier alpha value is -2.30. The summed E-state index contributed by atoms with van der Waals surface area (Å²) in [5.74, 6) is 0.141. The molecule has 2 N–H and O–H groups in total. The Balaban J connectivity index is 1.90. The molecule has 1 aromatic heterocycles. The average Bonchev–Trinajstić information content (AvgIpc) is 3.04. The van der Waals surface area contributed by atoms with E-state index >= 15 is 0 Å². The number of aliphatic carboxylic acids is 1. The lowest BCUT2D eigenvalue weighted by molar-refractivity contribution is -0.136. The summed E-state index contributed by atoms with van der Waals surface area (Å²) >= 11 is 0. The number of ether oxygens (including phenoxy) is 1. The van der Waals surface area contributed by atoms with E-state index < -0.39 is 5.97 Å². The van der Waals surface area contributed by atoms with Crippen LogP contribution in [-0.4, -0.2) is 27.9 Å². The van der Waals surface area contributed by atoms with Gasteiger partial charge in [-0.2, -0.15) is 5.10 Å². The average molecular weight is 258 g/mol. The number of H-pyrrole nitrogens is 1. The number of benzene rings is 1. The number of hydrogen-bond donors (Lipinski definition) is 2. The third-order valence-electron chi connectivity index (χ3n) is 3.31. The van der Waals surface area contributed by atoms with Gasteiger partial charge in [-0.05, 0) is 23.3 Å². The van der Waals surface area contributed by atoms with E-state index in [1.54, 1.807) is 6.20 Å². The molecule has 0 fully saturated rings. The summed E-state index contributed by atoms with van der Waals surface area (Å²) in [6, 6.07) is 6.04. The van der Waals surface area contributed by atoms with Gasteiger partial charge in [-0.3, -0.25) is 9.89 Å². The second-order valence-electron chi connectivity index (χ2n) is 4.58. The monoisotopic (exact) mass is 258 g/mol. The smallest absolute Gasteiger partial charge is 0.303 e. The minimum atomic E-state index is -0.803. The highest BCUT2D eigenvalue weighted by Crippen LogP contribution is 2.31. The predicted molar refractivity (Wildman–Crippen MR) is 69.2 cm³/mol. The Morgan fingerprint density at radius 3 is 3.21 bits per heavy atom. The Morgan fingerprint density at radius 1 is 1.47 bits per heavy atom. The summed E-state index contributed by atoms with van der Waals surface area (Å²) in [6.07, 6.45) is 3.22. The minimum absolute atomic E-state index is 0.100. The zero-order valence-electron chi connectivity index (χ0n) is 10.3. The number of carbonyl (C=O) groups is 1. The lowest BCUT2D eigenvalue weighted by atomic mass is 10.0. The molecule has 0 amide bonds. The fraction of sp³-hybridized carbons (Fsp3) is 0.286. The molecule has 3 rings (SSSR count). The van der Waals surface area contributed by atoms with Crippen molar-refractivity contribution in [2.45, 2.75) is 19.3 Å². The molecule has 0 saturated carbocycles. The highest BCUT2D eigenvalue weighted by molar-refractivity contribution is 5.70. The predicted octanol–water partition coefficient (Wildman–Crippen LogP) is 2.03. The van der Waals surface area contributed by atoms with Crippen molar-refractivity contribution in [2.75, 3.05) is 6.61 Å². The summed E-state index contributed by atoms with van der Waals surface area (Å²) in [6.45, 7) is 0.732. The number of aromatic amines is 1. The molecule has 0 aliphatic carbocycles. The number of carboxylic acids is 1. The van der Waals surface area contributed by atoms with Crippen LogP contribution >= 0.6 is 0 Å². The molecule has 0 radical (unpaired) electrons. The summed E-state index contributed by atoms with van der Waals surface area (Å²) in [5.41, 5.74) is 4.08. The third-order valence-corrected chi connectivity index (χ3v) is 3.31. The van der Waals surface area contributed by atoms with Gasteiger partial charge in [-0.15, -0.1) is 0 Å². The number of fused-ring (bicyclic) bond motifs is 1. The molecule has 5 heteroatoms. The lowest BCUT2D eigenvalue weighted by Gasteiger charge is -2.04. The van der Waals surface area contributed by atoms with Gasteiger partial charge in [0.15, 0.2) is 0 Å². The second kappa shape index (κ2) is 4.76. The summed E-state index contributed by atoms with van der Waals surface area (Å²) in [4.78, 5) is 10.6. The molecule has 5 nitrogen and oxygen atoms in total. The highest BCUT2D eigenvalue weighted by Gasteiger charge is 2.15. The lowest BCUT2D eigenvalue weighted by Crippen LogP contribution is -1.99. The van der Waals surface area contributed by atoms with Gasteiger partial charge in [0.05, 0.1) is 19.2 Å². The Kier molecular flexibility index (Phi) is 2.95. The van der Waals surface area contributed by atoms with Crippen LogP contribution in [0.25, 0.3) is 11.1 Å². The normalized spacial score (nSPS) is 13.1. The zero-order valence-corrected chi connectivity index (χ0v) is 10.3. The van der Waals surface area contributed by atoms with Crippen molar-refractivity contribution < 1.29 is 14.6 Å². The van der Waals surface area contributed by atoms with Crippen LogP contribution in [0.15, 0.2) is 24.4 Å². The molecular formula is C14H14N2O3. The first-order chi connectivity index (χ1) is 9.24. The van der Waals surface area contributed by atoms with E-state index in [4.69, 9.17) is 9.84 Å². The molecular weight excluding hydrogens is 244 g/mol. The summed E-state index contributed by atoms with van der Waals surface area (Å²) in [7, 11) is 0. The van der Waals surface area contributed by atoms with Gasteiger partial charge >= 0.3 is 5.97 Å². The van der Waals surface area contributed by atoms with Crippen molar-refractivity contribution in [1.29, 1.82) is 0 Å². The largest absolute Gasteiger partial charge is 0.493 e. The molecule has 98 valence electrons. The summed E-state index contributed by atoms with van der Waals surface area (Å²) in [5, 5.41) is 15.7. The maximum absolute atomic E-state index is 10.6. The van der Waals surface area contributed by atoms with Gasteiger partial charge in [0.2, 0.25) is 0 Å². The van der Waals surface area contributed by atoms with Gasteiger partial charge < -0.3 is 9.84 Å². The van der Waals surface area contributed by atoms with E-state index in [1.807, 2.05) is 12.1 Å². The van der Waals surface area contributed by atoms with Crippen molar-refractivity contribution in [1.82, 2.24) is 10.2 Å². The van der Waals surface area contributed by atoms with Crippen molar-refractivity contribution in [3.05, 3.63) is 35.7 Å². The molecule has 1 aromatic carbocycles. The molecule has 2 heterocycles. The van der Waals surface area contributed by atoms with Gasteiger partial charge in [0, 0.05) is 24.1 Å². The first kappa shape index (κ1) is 11.8. The van der Waals surface area contributed by atoms with E-state index in [0.29, 0.717) is 6.42 Å². The van der Waals surface area contributed by atoms with Gasteiger partial charge in [0.25, 0.3) is 0 Å². The van der Waals surface area contributed by atoms with E-state index in [0.717, 1.165) is 35.6 Å². The van der Waals surface area contributed by atoms with Crippen LogP contribution in [0.5, 0.6) is 5.75 Å². The fourth-order valence-electron chi connectivity index (χ4n) is 2.34. The Bertz CT molecular complexity index is 619. The topological polar surface area (TPSA) is 75.2 Å². The summed E-state index contributed by atoms with van der Waals surface area (Å²) < 4.78 is 5.48. The minimum Gasteiger partial charge on any atom is -0.493 e. The quantitative estimate of drug-likeness (QED) is 0.879.